The average Bonchev–Trinajstić information content (AvgIpc) is 2.11. The number of hydrogen-bond acceptors (Lipinski definition) is 6. The number of aliphatic hydroxyl groups is 4. The van der Waals surface area contributed by atoms with E-state index in [1.807, 2.05) is 0 Å². The van der Waals surface area contributed by atoms with Crippen LogP contribution in [0, 0.1) is 0 Å². The summed E-state index contributed by atoms with van der Waals surface area (Å²) in [5.74, 6) is 0. The van der Waals surface area contributed by atoms with E-state index in [1.54, 1.807) is 0 Å². The van der Waals surface area contributed by atoms with Crippen LogP contribution in [0.25, 0.3) is 0 Å². The first kappa shape index (κ1) is 10.8. The van der Waals surface area contributed by atoms with Gasteiger partial charge >= 0.3 is 0 Å². The number of rotatable bonds is 2. The zero-order valence-corrected chi connectivity index (χ0v) is 7.20. The minimum absolute atomic E-state index is 0.0437. The summed E-state index contributed by atoms with van der Waals surface area (Å²) in [6.45, 7) is 0.0437. The lowest BCUT2D eigenvalue weighted by Crippen LogP contribution is -2.58. The van der Waals surface area contributed by atoms with Crippen molar-refractivity contribution < 1.29 is 29.9 Å². The molecule has 0 aromatic rings. The van der Waals surface area contributed by atoms with Crippen LogP contribution in [-0.2, 0) is 9.47 Å². The van der Waals surface area contributed by atoms with Crippen molar-refractivity contribution in [2.45, 2.75) is 30.7 Å². The molecule has 13 heavy (non-hydrogen) atoms. The summed E-state index contributed by atoms with van der Waals surface area (Å²) >= 11 is 0. The molecule has 78 valence electrons. The van der Waals surface area contributed by atoms with Gasteiger partial charge in [-0.15, -0.1) is 0 Å². The highest BCUT2D eigenvalue weighted by Crippen LogP contribution is 2.19. The van der Waals surface area contributed by atoms with Gasteiger partial charge in [-0.2, -0.15) is 0 Å². The van der Waals surface area contributed by atoms with E-state index in [9.17, 15) is 10.2 Å². The zero-order chi connectivity index (χ0) is 10.0. The molecular weight excluding hydrogens is 180 g/mol. The third-order valence-electron chi connectivity index (χ3n) is 2.02. The van der Waals surface area contributed by atoms with Gasteiger partial charge in [0.05, 0.1) is 6.61 Å². The van der Waals surface area contributed by atoms with Gasteiger partial charge < -0.3 is 29.9 Å². The molecule has 1 aliphatic rings. The second-order valence-corrected chi connectivity index (χ2v) is 2.99. The maximum atomic E-state index is 9.33. The summed E-state index contributed by atoms with van der Waals surface area (Å²) in [5, 5.41) is 36.7. The number of hydrogen-bond donors (Lipinski definition) is 4. The Kier molecular flexibility index (Phi) is 3.60. The summed E-state index contributed by atoms with van der Waals surface area (Å²) < 4.78 is 9.49. The highest BCUT2D eigenvalue weighted by molar-refractivity contribution is 4.88. The van der Waals surface area contributed by atoms with Crippen LogP contribution >= 0.6 is 0 Å². The van der Waals surface area contributed by atoms with E-state index in [2.05, 4.69) is 0 Å². The van der Waals surface area contributed by atoms with Crippen LogP contribution in [0.5, 0.6) is 0 Å². The molecule has 1 saturated heterocycles. The third kappa shape index (κ3) is 2.16. The van der Waals surface area contributed by atoms with E-state index in [-0.39, 0.29) is 6.61 Å². The third-order valence-corrected chi connectivity index (χ3v) is 2.02. The summed E-state index contributed by atoms with van der Waals surface area (Å²) in [6.07, 6.45) is -6.46. The van der Waals surface area contributed by atoms with Crippen LogP contribution in [0.4, 0.5) is 0 Å². The molecule has 0 aliphatic carbocycles. The largest absolute Gasteiger partial charge is 0.387 e. The maximum Gasteiger partial charge on any atom is 0.184 e. The Bertz CT molecular complexity index is 163. The Morgan fingerprint density at radius 3 is 2.23 bits per heavy atom. The highest BCUT2D eigenvalue weighted by atomic mass is 16.6. The van der Waals surface area contributed by atoms with Gasteiger partial charge in [0.25, 0.3) is 0 Å². The van der Waals surface area contributed by atoms with Crippen LogP contribution in [0.3, 0.4) is 0 Å². The quantitative estimate of drug-likeness (QED) is 0.386. The molecule has 5 atom stereocenters. The molecule has 1 aliphatic heterocycles. The van der Waals surface area contributed by atoms with E-state index in [4.69, 9.17) is 19.7 Å². The van der Waals surface area contributed by atoms with Crippen LogP contribution in [0.2, 0.25) is 0 Å². The van der Waals surface area contributed by atoms with Crippen molar-refractivity contribution in [3.8, 4) is 0 Å². The molecule has 0 aromatic carbocycles. The van der Waals surface area contributed by atoms with Crippen molar-refractivity contribution in [1.29, 1.82) is 0 Å². The number of ether oxygens (including phenoxy) is 2. The van der Waals surface area contributed by atoms with Crippen molar-refractivity contribution in [1.82, 2.24) is 0 Å². The summed E-state index contributed by atoms with van der Waals surface area (Å²) in [5.41, 5.74) is 0. The minimum atomic E-state index is -1.49. The van der Waals surface area contributed by atoms with E-state index >= 15 is 0 Å². The molecule has 0 bridgehead atoms. The minimum Gasteiger partial charge on any atom is -0.387 e. The molecule has 0 spiro atoms. The van der Waals surface area contributed by atoms with Gasteiger partial charge in [-0.05, 0) is 0 Å². The van der Waals surface area contributed by atoms with Crippen molar-refractivity contribution in [2.24, 2.45) is 0 Å². The van der Waals surface area contributed by atoms with Crippen molar-refractivity contribution in [3.05, 3.63) is 0 Å². The Balaban J connectivity index is 2.59. The van der Waals surface area contributed by atoms with Gasteiger partial charge in [-0.1, -0.05) is 0 Å². The lowest BCUT2D eigenvalue weighted by atomic mass is 9.99. The summed E-state index contributed by atoms with van der Waals surface area (Å²) in [6, 6.07) is 0. The van der Waals surface area contributed by atoms with Crippen molar-refractivity contribution in [3.63, 3.8) is 0 Å². The summed E-state index contributed by atoms with van der Waals surface area (Å²) in [7, 11) is 1.40. The van der Waals surface area contributed by atoms with E-state index < -0.39 is 30.7 Å². The zero-order valence-electron chi connectivity index (χ0n) is 7.20. The number of aliphatic hydroxyl groups excluding tert-OH is 4. The molecule has 1 rings (SSSR count). The van der Waals surface area contributed by atoms with Gasteiger partial charge in [0, 0.05) is 7.11 Å². The standard InChI is InChI=1S/C7H14O6/c1-12-2-3-4(8)5(9)6(10)7(11)13-3/h3-11H,2H2,1H3/t3?,4-,5+,6?,7+/m1/s1. The average molecular weight is 194 g/mol. The Hall–Kier alpha value is -0.240. The number of methoxy groups -OCH3 is 1. The highest BCUT2D eigenvalue weighted by Gasteiger charge is 2.42. The van der Waals surface area contributed by atoms with Gasteiger partial charge in [0.1, 0.15) is 24.4 Å². The second kappa shape index (κ2) is 4.32. The fourth-order valence-electron chi connectivity index (χ4n) is 1.23. The van der Waals surface area contributed by atoms with Crippen LogP contribution in [0.1, 0.15) is 0 Å². The molecule has 0 saturated carbocycles. The SMILES string of the molecule is COCC1O[C@H](O)C(O)[C@@H](O)[C@@H]1O. The molecule has 2 unspecified atom stereocenters. The topological polar surface area (TPSA) is 99.4 Å². The molecule has 1 fully saturated rings. The molecule has 0 aromatic heterocycles. The lowest BCUT2D eigenvalue weighted by molar-refractivity contribution is -0.287. The molecule has 6 nitrogen and oxygen atoms in total. The fourth-order valence-corrected chi connectivity index (χ4v) is 1.23. The second-order valence-electron chi connectivity index (χ2n) is 2.99. The van der Waals surface area contributed by atoms with Crippen molar-refractivity contribution >= 4 is 0 Å². The predicted molar refractivity (Wildman–Crippen MR) is 40.8 cm³/mol. The smallest absolute Gasteiger partial charge is 0.184 e. The first-order valence-corrected chi connectivity index (χ1v) is 3.94. The van der Waals surface area contributed by atoms with Gasteiger partial charge in [-0.25, -0.2) is 0 Å². The monoisotopic (exact) mass is 194 g/mol. The molecule has 0 amide bonds. The lowest BCUT2D eigenvalue weighted by Gasteiger charge is -2.37. The van der Waals surface area contributed by atoms with Gasteiger partial charge in [0.15, 0.2) is 6.29 Å². The molecule has 4 N–H and O–H groups in total. The van der Waals surface area contributed by atoms with E-state index in [1.165, 1.54) is 7.11 Å². The van der Waals surface area contributed by atoms with Crippen molar-refractivity contribution in [2.75, 3.05) is 13.7 Å². The fraction of sp³-hybridized carbons (Fsp3) is 1.00. The molecule has 6 heteroatoms. The van der Waals surface area contributed by atoms with Gasteiger partial charge in [-0.3, -0.25) is 0 Å². The van der Waals surface area contributed by atoms with Gasteiger partial charge in [0.2, 0.25) is 0 Å². The van der Waals surface area contributed by atoms with E-state index in [0.29, 0.717) is 0 Å². The Labute approximate surface area is 75.3 Å². The molecule has 0 radical (unpaired) electrons. The molecule has 1 heterocycles. The first-order chi connectivity index (χ1) is 6.07. The maximum absolute atomic E-state index is 9.33. The molecular formula is C7H14O6. The normalized spacial score (nSPS) is 46.4. The van der Waals surface area contributed by atoms with E-state index in [0.717, 1.165) is 0 Å². The summed E-state index contributed by atoms with van der Waals surface area (Å²) in [4.78, 5) is 0. The van der Waals surface area contributed by atoms with Crippen LogP contribution < -0.4 is 0 Å². The Morgan fingerprint density at radius 1 is 1.08 bits per heavy atom. The first-order valence-electron chi connectivity index (χ1n) is 3.94. The predicted octanol–water partition coefficient (Wildman–Crippen LogP) is -2.57. The Morgan fingerprint density at radius 2 is 1.69 bits per heavy atom. The van der Waals surface area contributed by atoms with Crippen LogP contribution in [-0.4, -0.2) is 64.8 Å². The van der Waals surface area contributed by atoms with Crippen LogP contribution in [0.15, 0.2) is 0 Å².